The van der Waals surface area contributed by atoms with E-state index in [0.717, 1.165) is 19.4 Å². The zero-order valence-corrected chi connectivity index (χ0v) is 11.3. The third kappa shape index (κ3) is 2.56. The molecule has 1 atom stereocenters. The summed E-state index contributed by atoms with van der Waals surface area (Å²) < 4.78 is 1.67. The van der Waals surface area contributed by atoms with Gasteiger partial charge in [-0.3, -0.25) is 4.79 Å². The van der Waals surface area contributed by atoms with Crippen molar-refractivity contribution in [3.63, 3.8) is 0 Å². The highest BCUT2D eigenvalue weighted by atomic mass is 16.3. The van der Waals surface area contributed by atoms with Crippen molar-refractivity contribution in [2.24, 2.45) is 0 Å². The zero-order valence-electron chi connectivity index (χ0n) is 11.3. The standard InChI is InChI=1S/C13H21N3O2/c1-10(2)16-8-6-14-11(12(16)17)15-7-4-5-13(3,18)9-15/h6,8,10,18H,4-5,7,9H2,1-3H3. The monoisotopic (exact) mass is 251 g/mol. The normalized spacial score (nSPS) is 24.6. The molecule has 5 heteroatoms. The molecule has 1 aliphatic heterocycles. The Bertz CT molecular complexity index is 479. The van der Waals surface area contributed by atoms with Gasteiger partial charge in [0.15, 0.2) is 5.82 Å². The van der Waals surface area contributed by atoms with Gasteiger partial charge in [0.05, 0.1) is 5.60 Å². The van der Waals surface area contributed by atoms with Gasteiger partial charge < -0.3 is 14.6 Å². The highest BCUT2D eigenvalue weighted by Crippen LogP contribution is 2.22. The second kappa shape index (κ2) is 4.72. The summed E-state index contributed by atoms with van der Waals surface area (Å²) in [7, 11) is 0. The van der Waals surface area contributed by atoms with E-state index in [0.29, 0.717) is 12.4 Å². The lowest BCUT2D eigenvalue weighted by molar-refractivity contribution is 0.0446. The third-order valence-electron chi connectivity index (χ3n) is 3.38. The molecule has 0 aliphatic carbocycles. The van der Waals surface area contributed by atoms with Gasteiger partial charge in [0.25, 0.3) is 5.56 Å². The van der Waals surface area contributed by atoms with Gasteiger partial charge in [0.1, 0.15) is 0 Å². The minimum Gasteiger partial charge on any atom is -0.388 e. The molecule has 1 N–H and O–H groups in total. The largest absolute Gasteiger partial charge is 0.388 e. The van der Waals surface area contributed by atoms with E-state index in [9.17, 15) is 9.90 Å². The summed E-state index contributed by atoms with van der Waals surface area (Å²) in [6.45, 7) is 7.00. The Hall–Kier alpha value is -1.36. The summed E-state index contributed by atoms with van der Waals surface area (Å²) in [5.74, 6) is 0.450. The maximum atomic E-state index is 12.3. The number of aliphatic hydroxyl groups is 1. The predicted molar refractivity (Wildman–Crippen MR) is 71.0 cm³/mol. The van der Waals surface area contributed by atoms with E-state index in [-0.39, 0.29) is 11.6 Å². The average molecular weight is 251 g/mol. The van der Waals surface area contributed by atoms with Gasteiger partial charge >= 0.3 is 0 Å². The smallest absolute Gasteiger partial charge is 0.293 e. The van der Waals surface area contributed by atoms with Crippen molar-refractivity contribution in [3.8, 4) is 0 Å². The summed E-state index contributed by atoms with van der Waals surface area (Å²) in [6, 6.07) is 0.115. The molecule has 1 aliphatic rings. The van der Waals surface area contributed by atoms with Gasteiger partial charge in [-0.15, -0.1) is 0 Å². The van der Waals surface area contributed by atoms with Crippen LogP contribution in [0.15, 0.2) is 17.2 Å². The van der Waals surface area contributed by atoms with E-state index in [2.05, 4.69) is 4.98 Å². The van der Waals surface area contributed by atoms with Gasteiger partial charge in [-0.25, -0.2) is 4.98 Å². The van der Waals surface area contributed by atoms with Crippen molar-refractivity contribution < 1.29 is 5.11 Å². The fourth-order valence-electron chi connectivity index (χ4n) is 2.44. The first-order valence-corrected chi connectivity index (χ1v) is 6.45. The van der Waals surface area contributed by atoms with Crippen LogP contribution in [0, 0.1) is 0 Å². The first kappa shape index (κ1) is 13.1. The molecular formula is C13H21N3O2. The number of piperidine rings is 1. The molecule has 1 saturated heterocycles. The van der Waals surface area contributed by atoms with Gasteiger partial charge in [-0.2, -0.15) is 0 Å². The van der Waals surface area contributed by atoms with Crippen LogP contribution in [0.25, 0.3) is 0 Å². The molecule has 5 nitrogen and oxygen atoms in total. The van der Waals surface area contributed by atoms with Gasteiger partial charge in [0.2, 0.25) is 0 Å². The molecule has 0 amide bonds. The Morgan fingerprint density at radius 1 is 1.50 bits per heavy atom. The van der Waals surface area contributed by atoms with Crippen LogP contribution in [0.5, 0.6) is 0 Å². The van der Waals surface area contributed by atoms with Crippen molar-refractivity contribution in [2.75, 3.05) is 18.0 Å². The van der Waals surface area contributed by atoms with Gasteiger partial charge in [-0.05, 0) is 33.6 Å². The fourth-order valence-corrected chi connectivity index (χ4v) is 2.44. The number of hydrogen-bond donors (Lipinski definition) is 1. The minimum atomic E-state index is -0.731. The maximum Gasteiger partial charge on any atom is 0.293 e. The Kier molecular flexibility index (Phi) is 3.43. The number of β-amino-alcohol motifs (C(OH)–C–C–N with tert-alkyl or cyclic N) is 1. The molecule has 100 valence electrons. The number of nitrogens with zero attached hydrogens (tertiary/aromatic N) is 3. The summed E-state index contributed by atoms with van der Waals surface area (Å²) >= 11 is 0. The molecule has 0 bridgehead atoms. The summed E-state index contributed by atoms with van der Waals surface area (Å²) in [6.07, 6.45) is 5.01. The van der Waals surface area contributed by atoms with Crippen molar-refractivity contribution in [2.45, 2.75) is 45.3 Å². The lowest BCUT2D eigenvalue weighted by Crippen LogP contribution is -2.48. The topological polar surface area (TPSA) is 58.4 Å². The van der Waals surface area contributed by atoms with E-state index >= 15 is 0 Å². The maximum absolute atomic E-state index is 12.3. The van der Waals surface area contributed by atoms with E-state index in [1.165, 1.54) is 0 Å². The highest BCUT2D eigenvalue weighted by molar-refractivity contribution is 5.37. The molecule has 1 aromatic rings. The van der Waals surface area contributed by atoms with E-state index in [1.807, 2.05) is 25.7 Å². The van der Waals surface area contributed by atoms with Crippen molar-refractivity contribution in [3.05, 3.63) is 22.7 Å². The summed E-state index contributed by atoms with van der Waals surface area (Å²) in [4.78, 5) is 18.4. The molecule has 2 rings (SSSR count). The Morgan fingerprint density at radius 2 is 2.22 bits per heavy atom. The predicted octanol–water partition coefficient (Wildman–Crippen LogP) is 1.18. The molecule has 0 radical (unpaired) electrons. The van der Waals surface area contributed by atoms with Crippen molar-refractivity contribution in [1.82, 2.24) is 9.55 Å². The second-order valence-corrected chi connectivity index (χ2v) is 5.58. The molecule has 18 heavy (non-hydrogen) atoms. The Labute approximate surface area is 107 Å². The van der Waals surface area contributed by atoms with Crippen LogP contribution in [0.4, 0.5) is 5.82 Å². The van der Waals surface area contributed by atoms with Crippen LogP contribution in [0.1, 0.15) is 39.7 Å². The quantitative estimate of drug-likeness (QED) is 0.857. The van der Waals surface area contributed by atoms with Crippen molar-refractivity contribution >= 4 is 5.82 Å². The van der Waals surface area contributed by atoms with Crippen LogP contribution in [-0.4, -0.2) is 33.3 Å². The molecule has 0 aromatic carbocycles. The number of hydrogen-bond acceptors (Lipinski definition) is 4. The molecule has 2 heterocycles. The number of rotatable bonds is 2. The molecule has 0 saturated carbocycles. The first-order chi connectivity index (χ1) is 8.41. The first-order valence-electron chi connectivity index (χ1n) is 6.45. The molecular weight excluding hydrogens is 230 g/mol. The zero-order chi connectivity index (χ0) is 13.3. The lowest BCUT2D eigenvalue weighted by Gasteiger charge is -2.37. The van der Waals surface area contributed by atoms with Gasteiger partial charge in [-0.1, -0.05) is 0 Å². The second-order valence-electron chi connectivity index (χ2n) is 5.58. The van der Waals surface area contributed by atoms with Crippen LogP contribution in [-0.2, 0) is 0 Å². The Morgan fingerprint density at radius 3 is 2.83 bits per heavy atom. The summed E-state index contributed by atoms with van der Waals surface area (Å²) in [5, 5.41) is 10.1. The van der Waals surface area contributed by atoms with Gasteiger partial charge in [0, 0.05) is 31.5 Å². The van der Waals surface area contributed by atoms with Crippen LogP contribution >= 0.6 is 0 Å². The average Bonchev–Trinajstić information content (AvgIpc) is 2.27. The van der Waals surface area contributed by atoms with Crippen LogP contribution < -0.4 is 10.5 Å². The summed E-state index contributed by atoms with van der Waals surface area (Å²) in [5.41, 5.74) is -0.810. The van der Waals surface area contributed by atoms with E-state index in [4.69, 9.17) is 0 Å². The molecule has 0 spiro atoms. The number of aromatic nitrogens is 2. The van der Waals surface area contributed by atoms with Crippen LogP contribution in [0.2, 0.25) is 0 Å². The molecule has 1 aromatic heterocycles. The molecule has 1 unspecified atom stereocenters. The van der Waals surface area contributed by atoms with E-state index in [1.54, 1.807) is 17.0 Å². The lowest BCUT2D eigenvalue weighted by atomic mass is 9.95. The minimum absolute atomic E-state index is 0.0785. The van der Waals surface area contributed by atoms with E-state index < -0.39 is 5.60 Å². The number of anilines is 1. The fraction of sp³-hybridized carbons (Fsp3) is 0.692. The van der Waals surface area contributed by atoms with Crippen molar-refractivity contribution in [1.29, 1.82) is 0 Å². The Balaban J connectivity index is 2.34. The molecule has 1 fully saturated rings. The SMILES string of the molecule is CC(C)n1ccnc(N2CCCC(C)(O)C2)c1=O. The highest BCUT2D eigenvalue weighted by Gasteiger charge is 2.30. The third-order valence-corrected chi connectivity index (χ3v) is 3.38. The van der Waals surface area contributed by atoms with Crippen LogP contribution in [0.3, 0.4) is 0 Å².